The molecule has 40 heavy (non-hydrogen) atoms. The molecule has 2 aliphatic carbocycles. The molecule has 218 valence electrons. The smallest absolute Gasteiger partial charge is 0.391 e. The molecule has 1 aliphatic heterocycles. The summed E-state index contributed by atoms with van der Waals surface area (Å²) in [5.41, 5.74) is 0.736. The number of sulfonamides is 1. The maximum absolute atomic E-state index is 13.5. The van der Waals surface area contributed by atoms with Gasteiger partial charge in [0.15, 0.2) is 0 Å². The fraction of sp³-hybridized carbons (Fsp3) is 0.556. The minimum atomic E-state index is -4.31. The Kier molecular flexibility index (Phi) is 7.64. The zero-order chi connectivity index (χ0) is 28.7. The number of anilines is 3. The van der Waals surface area contributed by atoms with Gasteiger partial charge in [0.1, 0.15) is 5.69 Å². The average molecular weight is 583 g/mol. The van der Waals surface area contributed by atoms with E-state index in [1.165, 1.54) is 47.9 Å². The SMILES string of the molecule is O=C(Nc1cccn([C@@H]2CC[C@@H](C(F)(F)F)C2)c1=O)c1ccc(NS(=O)(=O)CCO)cc1N1CCC2(CC1)CC2. The van der Waals surface area contributed by atoms with Gasteiger partial charge in [-0.1, -0.05) is 0 Å². The molecular weight excluding hydrogens is 549 g/mol. The predicted molar refractivity (Wildman–Crippen MR) is 145 cm³/mol. The molecule has 3 N–H and O–H groups in total. The van der Waals surface area contributed by atoms with Gasteiger partial charge < -0.3 is 19.9 Å². The Morgan fingerprint density at radius 2 is 1.82 bits per heavy atom. The fourth-order valence-electron chi connectivity index (χ4n) is 5.89. The lowest BCUT2D eigenvalue weighted by atomic mass is 9.93. The summed E-state index contributed by atoms with van der Waals surface area (Å²) in [7, 11) is -3.79. The number of piperidine rings is 1. The minimum Gasteiger partial charge on any atom is -0.395 e. The second-order valence-electron chi connectivity index (χ2n) is 11.2. The lowest BCUT2D eigenvalue weighted by Gasteiger charge is -2.35. The maximum atomic E-state index is 13.5. The molecule has 1 saturated heterocycles. The van der Waals surface area contributed by atoms with Crippen LogP contribution >= 0.6 is 0 Å². The molecule has 1 amide bonds. The second kappa shape index (κ2) is 10.7. The van der Waals surface area contributed by atoms with Crippen molar-refractivity contribution in [2.24, 2.45) is 11.3 Å². The number of carbonyl (C=O) groups is 1. The van der Waals surface area contributed by atoms with Crippen LogP contribution in [0.25, 0.3) is 0 Å². The Morgan fingerprint density at radius 3 is 2.45 bits per heavy atom. The molecule has 9 nitrogen and oxygen atoms in total. The molecular formula is C27H33F3N4O5S. The van der Waals surface area contributed by atoms with E-state index in [2.05, 4.69) is 10.0 Å². The Labute approximate surface area is 230 Å². The highest BCUT2D eigenvalue weighted by molar-refractivity contribution is 7.92. The van der Waals surface area contributed by atoms with Gasteiger partial charge in [0.05, 0.1) is 35.2 Å². The molecule has 0 bridgehead atoms. The quantitative estimate of drug-likeness (QED) is 0.431. The number of nitrogens with one attached hydrogen (secondary N) is 2. The summed E-state index contributed by atoms with van der Waals surface area (Å²) in [5.74, 6) is -2.51. The lowest BCUT2D eigenvalue weighted by molar-refractivity contribution is -0.173. The minimum absolute atomic E-state index is 0.0442. The van der Waals surface area contributed by atoms with E-state index in [9.17, 15) is 31.2 Å². The standard InChI is InChI=1S/C27H33F3N4O5S/c28-27(29,30)18-3-5-20(16-18)34-11-1-2-22(25(34)37)31-24(36)21-6-4-19(32-40(38,39)15-14-35)17-23(21)33-12-9-26(7-8-26)10-13-33/h1-2,4,6,11,17-18,20,32,35H,3,5,7-10,12-16H2,(H,31,36)/t18-,20-/m1/s1. The summed E-state index contributed by atoms with van der Waals surface area (Å²) in [6.45, 7) is 0.837. The molecule has 3 fully saturated rings. The fourth-order valence-corrected chi connectivity index (χ4v) is 6.72. The van der Waals surface area contributed by atoms with Crippen LogP contribution in [0.3, 0.4) is 0 Å². The van der Waals surface area contributed by atoms with Gasteiger partial charge in [-0.05, 0) is 80.7 Å². The van der Waals surface area contributed by atoms with Crippen LogP contribution < -0.4 is 20.5 Å². The second-order valence-corrected chi connectivity index (χ2v) is 13.0. The number of aromatic nitrogens is 1. The zero-order valence-electron chi connectivity index (χ0n) is 21.9. The van der Waals surface area contributed by atoms with Gasteiger partial charge in [-0.15, -0.1) is 0 Å². The van der Waals surface area contributed by atoms with Crippen molar-refractivity contribution in [2.75, 3.05) is 40.4 Å². The summed E-state index contributed by atoms with van der Waals surface area (Å²) in [5, 5.41) is 11.7. The molecule has 2 heterocycles. The topological polar surface area (TPSA) is 121 Å². The molecule has 2 aromatic rings. The third-order valence-corrected chi connectivity index (χ3v) is 9.75. The van der Waals surface area contributed by atoms with E-state index < -0.39 is 52.0 Å². The predicted octanol–water partition coefficient (Wildman–Crippen LogP) is 4.12. The van der Waals surface area contributed by atoms with Crippen LogP contribution in [0.5, 0.6) is 0 Å². The highest BCUT2D eigenvalue weighted by Crippen LogP contribution is 2.54. The summed E-state index contributed by atoms with van der Waals surface area (Å²) in [6.07, 6.45) is 1.39. The first-order valence-corrected chi connectivity index (χ1v) is 15.1. The van der Waals surface area contributed by atoms with Crippen molar-refractivity contribution < 1.29 is 31.5 Å². The number of carbonyl (C=O) groups excluding carboxylic acids is 1. The van der Waals surface area contributed by atoms with E-state index in [0.29, 0.717) is 24.2 Å². The van der Waals surface area contributed by atoms with Crippen LogP contribution in [-0.2, 0) is 10.0 Å². The molecule has 0 radical (unpaired) electrons. The number of aliphatic hydroxyl groups is 1. The molecule has 13 heteroatoms. The molecule has 3 aliphatic rings. The maximum Gasteiger partial charge on any atom is 0.391 e. The van der Waals surface area contributed by atoms with Crippen molar-refractivity contribution in [3.63, 3.8) is 0 Å². The number of alkyl halides is 3. The van der Waals surface area contributed by atoms with Crippen LogP contribution in [0.4, 0.5) is 30.2 Å². The monoisotopic (exact) mass is 582 g/mol. The first-order chi connectivity index (χ1) is 18.9. The van der Waals surface area contributed by atoms with E-state index in [0.717, 1.165) is 12.8 Å². The van der Waals surface area contributed by atoms with Crippen LogP contribution in [0, 0.1) is 11.3 Å². The summed E-state index contributed by atoms with van der Waals surface area (Å²) < 4.78 is 67.7. The van der Waals surface area contributed by atoms with Gasteiger partial charge >= 0.3 is 6.18 Å². The Morgan fingerprint density at radius 1 is 1.10 bits per heavy atom. The van der Waals surface area contributed by atoms with Crippen molar-refractivity contribution in [3.8, 4) is 0 Å². The van der Waals surface area contributed by atoms with Crippen LogP contribution in [0.2, 0.25) is 0 Å². The third-order valence-electron chi connectivity index (χ3n) is 8.48. The van der Waals surface area contributed by atoms with Crippen molar-refractivity contribution in [1.82, 2.24) is 4.57 Å². The van der Waals surface area contributed by atoms with Gasteiger partial charge in [-0.25, -0.2) is 8.42 Å². The van der Waals surface area contributed by atoms with Crippen molar-refractivity contribution in [3.05, 3.63) is 52.4 Å². The van der Waals surface area contributed by atoms with E-state index in [1.54, 1.807) is 6.07 Å². The van der Waals surface area contributed by atoms with E-state index >= 15 is 0 Å². The summed E-state index contributed by atoms with van der Waals surface area (Å²) in [6, 6.07) is 6.84. The van der Waals surface area contributed by atoms with E-state index in [4.69, 9.17) is 5.11 Å². The number of hydrogen-bond acceptors (Lipinski definition) is 6. The van der Waals surface area contributed by atoms with Gasteiger partial charge in [-0.3, -0.25) is 14.3 Å². The van der Waals surface area contributed by atoms with Crippen LogP contribution in [0.1, 0.15) is 61.3 Å². The van der Waals surface area contributed by atoms with Crippen molar-refractivity contribution in [2.45, 2.75) is 57.2 Å². The number of amides is 1. The average Bonchev–Trinajstić information content (AvgIpc) is 3.43. The molecule has 2 atom stereocenters. The molecule has 0 unspecified atom stereocenters. The van der Waals surface area contributed by atoms with Gasteiger partial charge in [-0.2, -0.15) is 13.2 Å². The number of hydrogen-bond donors (Lipinski definition) is 3. The Hall–Kier alpha value is -3.06. The highest BCUT2D eigenvalue weighted by atomic mass is 32.2. The largest absolute Gasteiger partial charge is 0.395 e. The lowest BCUT2D eigenvalue weighted by Crippen LogP contribution is -2.36. The highest BCUT2D eigenvalue weighted by Gasteiger charge is 2.45. The first kappa shape index (κ1) is 28.5. The molecule has 2 saturated carbocycles. The number of benzene rings is 1. The number of pyridine rings is 1. The van der Waals surface area contributed by atoms with E-state index in [-0.39, 0.29) is 36.2 Å². The first-order valence-electron chi connectivity index (χ1n) is 13.5. The molecule has 1 aromatic carbocycles. The Balaban J connectivity index is 1.39. The van der Waals surface area contributed by atoms with Crippen molar-refractivity contribution in [1.29, 1.82) is 0 Å². The zero-order valence-corrected chi connectivity index (χ0v) is 22.7. The number of rotatable bonds is 8. The van der Waals surface area contributed by atoms with Crippen LogP contribution in [0.15, 0.2) is 41.3 Å². The molecule has 1 aromatic heterocycles. The van der Waals surface area contributed by atoms with Gasteiger partial charge in [0.2, 0.25) is 10.0 Å². The van der Waals surface area contributed by atoms with Crippen LogP contribution in [-0.4, -0.2) is 55.6 Å². The number of aliphatic hydroxyl groups excluding tert-OH is 1. The summed E-state index contributed by atoms with van der Waals surface area (Å²) >= 11 is 0. The van der Waals surface area contributed by atoms with E-state index in [1.807, 2.05) is 4.90 Å². The number of nitrogens with zero attached hydrogens (tertiary/aromatic N) is 2. The van der Waals surface area contributed by atoms with Gasteiger partial charge in [0, 0.05) is 25.3 Å². The molecule has 1 spiro atoms. The normalized spacial score (nSPS) is 22.4. The third kappa shape index (κ3) is 6.14. The van der Waals surface area contributed by atoms with Crippen molar-refractivity contribution >= 4 is 33.0 Å². The van der Waals surface area contributed by atoms with Gasteiger partial charge in [0.25, 0.3) is 11.5 Å². The number of halogens is 3. The molecule has 5 rings (SSSR count). The Bertz CT molecular complexity index is 1430. The summed E-state index contributed by atoms with van der Waals surface area (Å²) in [4.78, 5) is 28.7.